The van der Waals surface area contributed by atoms with Crippen LogP contribution in [0.15, 0.2) is 17.1 Å². The molecule has 2 N–H and O–H groups in total. The SMILES string of the molecule is O=C(CC1C=Nc2cc(N3CCOCC3)c(Cl)cc2C1=O)C[C@@H]1NCCC[C@H]1O. The standard InChI is InChI=1S/C21H26ClN3O4/c22-16-10-15-17(11-19(16)25-4-6-29-7-5-25)24-12-13(21(15)28)8-14(26)9-18-20(27)2-1-3-23-18/h10-13,18,20,23,27H,1-9H2/t13?,18-,20+/m0/s1. The van der Waals surface area contributed by atoms with E-state index in [0.717, 1.165) is 31.7 Å². The number of hydrogen-bond acceptors (Lipinski definition) is 7. The topological polar surface area (TPSA) is 91.2 Å². The molecule has 2 fully saturated rings. The highest BCUT2D eigenvalue weighted by molar-refractivity contribution is 6.34. The van der Waals surface area contributed by atoms with Crippen molar-refractivity contribution in [2.24, 2.45) is 10.9 Å². The molecule has 7 nitrogen and oxygen atoms in total. The summed E-state index contributed by atoms with van der Waals surface area (Å²) in [4.78, 5) is 32.0. The molecule has 3 aliphatic heterocycles. The molecule has 4 rings (SSSR count). The van der Waals surface area contributed by atoms with Gasteiger partial charge in [0.15, 0.2) is 5.78 Å². The number of aliphatic imine (C=N–C) groups is 1. The third-order valence-electron chi connectivity index (χ3n) is 5.86. The van der Waals surface area contributed by atoms with Crippen molar-refractivity contribution >= 4 is 40.8 Å². The number of carbonyl (C=O) groups excluding carboxylic acids is 2. The second-order valence-electron chi connectivity index (χ2n) is 7.89. The van der Waals surface area contributed by atoms with E-state index in [1.807, 2.05) is 6.07 Å². The van der Waals surface area contributed by atoms with Gasteiger partial charge in [0.05, 0.1) is 41.6 Å². The fourth-order valence-corrected chi connectivity index (χ4v) is 4.49. The minimum atomic E-state index is -0.582. The van der Waals surface area contributed by atoms with Gasteiger partial charge in [-0.15, -0.1) is 0 Å². The van der Waals surface area contributed by atoms with Crippen LogP contribution in [-0.4, -0.2) is 67.9 Å². The van der Waals surface area contributed by atoms with Crippen LogP contribution >= 0.6 is 11.6 Å². The van der Waals surface area contributed by atoms with Crippen LogP contribution in [0.1, 0.15) is 36.0 Å². The summed E-state index contributed by atoms with van der Waals surface area (Å²) in [5.41, 5.74) is 1.91. The number of carbonyl (C=O) groups is 2. The van der Waals surface area contributed by atoms with Gasteiger partial charge in [-0.3, -0.25) is 14.6 Å². The summed E-state index contributed by atoms with van der Waals surface area (Å²) in [5.74, 6) is -0.760. The van der Waals surface area contributed by atoms with Crippen molar-refractivity contribution in [2.75, 3.05) is 37.7 Å². The third kappa shape index (κ3) is 4.53. The van der Waals surface area contributed by atoms with E-state index in [2.05, 4.69) is 15.2 Å². The predicted molar refractivity (Wildman–Crippen MR) is 112 cm³/mol. The van der Waals surface area contributed by atoms with E-state index in [1.54, 1.807) is 12.3 Å². The smallest absolute Gasteiger partial charge is 0.173 e. The van der Waals surface area contributed by atoms with Crippen LogP contribution in [-0.2, 0) is 9.53 Å². The monoisotopic (exact) mass is 419 g/mol. The zero-order chi connectivity index (χ0) is 20.4. The third-order valence-corrected chi connectivity index (χ3v) is 6.16. The highest BCUT2D eigenvalue weighted by Gasteiger charge is 2.31. The maximum Gasteiger partial charge on any atom is 0.173 e. The van der Waals surface area contributed by atoms with Crippen molar-refractivity contribution in [1.29, 1.82) is 0 Å². The van der Waals surface area contributed by atoms with Crippen LogP contribution < -0.4 is 10.2 Å². The molecule has 0 bridgehead atoms. The van der Waals surface area contributed by atoms with Gasteiger partial charge in [0.1, 0.15) is 5.78 Å². The highest BCUT2D eigenvalue weighted by Crippen LogP contribution is 2.37. The van der Waals surface area contributed by atoms with Gasteiger partial charge in [0, 0.05) is 43.8 Å². The molecule has 0 amide bonds. The average Bonchev–Trinajstić information content (AvgIpc) is 2.72. The van der Waals surface area contributed by atoms with Crippen LogP contribution in [0.2, 0.25) is 5.02 Å². The molecule has 156 valence electrons. The van der Waals surface area contributed by atoms with E-state index in [1.165, 1.54) is 0 Å². The summed E-state index contributed by atoms with van der Waals surface area (Å²) < 4.78 is 5.38. The Labute approximate surface area is 175 Å². The number of rotatable bonds is 5. The Balaban J connectivity index is 1.45. The number of aliphatic hydroxyl groups is 1. The first kappa shape index (κ1) is 20.5. The quantitative estimate of drug-likeness (QED) is 0.759. The van der Waals surface area contributed by atoms with Gasteiger partial charge >= 0.3 is 0 Å². The van der Waals surface area contributed by atoms with Crippen molar-refractivity contribution in [3.8, 4) is 0 Å². The summed E-state index contributed by atoms with van der Waals surface area (Å²) in [5, 5.41) is 13.7. The van der Waals surface area contributed by atoms with E-state index in [-0.39, 0.29) is 30.4 Å². The molecular weight excluding hydrogens is 394 g/mol. The lowest BCUT2D eigenvalue weighted by Gasteiger charge is -2.30. The summed E-state index contributed by atoms with van der Waals surface area (Å²) >= 11 is 6.47. The lowest BCUT2D eigenvalue weighted by molar-refractivity contribution is -0.120. The molecule has 8 heteroatoms. The predicted octanol–water partition coefficient (Wildman–Crippen LogP) is 2.15. The lowest BCUT2D eigenvalue weighted by Crippen LogP contribution is -2.46. The number of morpholine rings is 1. The average molecular weight is 420 g/mol. The van der Waals surface area contributed by atoms with E-state index >= 15 is 0 Å². The van der Waals surface area contributed by atoms with E-state index < -0.39 is 12.0 Å². The number of nitrogens with one attached hydrogen (secondary N) is 1. The van der Waals surface area contributed by atoms with Crippen LogP contribution in [0.5, 0.6) is 0 Å². The number of halogens is 1. The fraction of sp³-hybridized carbons (Fsp3) is 0.571. The Morgan fingerprint density at radius 1 is 1.31 bits per heavy atom. The number of Topliss-reactive ketones (excluding diaryl/α,β-unsaturated/α-hetero) is 2. The lowest BCUT2D eigenvalue weighted by atomic mass is 9.88. The molecular formula is C21H26ClN3O4. The molecule has 3 heterocycles. The van der Waals surface area contributed by atoms with Gasteiger partial charge < -0.3 is 20.1 Å². The summed E-state index contributed by atoms with van der Waals surface area (Å²) in [6.45, 7) is 3.58. The van der Waals surface area contributed by atoms with Crippen LogP contribution in [0.4, 0.5) is 11.4 Å². The van der Waals surface area contributed by atoms with Crippen molar-refractivity contribution in [1.82, 2.24) is 5.32 Å². The van der Waals surface area contributed by atoms with Crippen LogP contribution in [0, 0.1) is 5.92 Å². The summed E-state index contributed by atoms with van der Waals surface area (Å²) in [6.07, 6.45) is 2.99. The van der Waals surface area contributed by atoms with E-state index in [4.69, 9.17) is 16.3 Å². The highest BCUT2D eigenvalue weighted by atomic mass is 35.5. The number of nitrogens with zero attached hydrogens (tertiary/aromatic N) is 2. The Bertz CT molecular complexity index is 822. The number of piperidine rings is 1. The number of aliphatic hydroxyl groups excluding tert-OH is 1. The molecule has 0 aromatic heterocycles. The zero-order valence-corrected chi connectivity index (χ0v) is 17.0. The van der Waals surface area contributed by atoms with E-state index in [9.17, 15) is 14.7 Å². The number of ketones is 2. The molecule has 3 aliphatic rings. The summed E-state index contributed by atoms with van der Waals surface area (Å²) in [7, 11) is 0. The van der Waals surface area contributed by atoms with Crippen molar-refractivity contribution in [2.45, 2.75) is 37.8 Å². The summed E-state index contributed by atoms with van der Waals surface area (Å²) in [6, 6.07) is 3.28. The van der Waals surface area contributed by atoms with Crippen LogP contribution in [0.25, 0.3) is 0 Å². The van der Waals surface area contributed by atoms with Crippen molar-refractivity contribution in [3.63, 3.8) is 0 Å². The number of ether oxygens (including phenoxy) is 1. The molecule has 3 atom stereocenters. The Kier molecular flexibility index (Phi) is 6.29. The number of benzene rings is 1. The second kappa shape index (κ2) is 8.92. The van der Waals surface area contributed by atoms with Crippen LogP contribution in [0.3, 0.4) is 0 Å². The first-order valence-corrected chi connectivity index (χ1v) is 10.6. The molecule has 1 aromatic carbocycles. The largest absolute Gasteiger partial charge is 0.391 e. The van der Waals surface area contributed by atoms with Gasteiger partial charge in [0.2, 0.25) is 0 Å². The second-order valence-corrected chi connectivity index (χ2v) is 8.29. The van der Waals surface area contributed by atoms with Gasteiger partial charge in [-0.25, -0.2) is 0 Å². The van der Waals surface area contributed by atoms with Crippen molar-refractivity contribution in [3.05, 3.63) is 22.7 Å². The maximum absolute atomic E-state index is 12.9. The van der Waals surface area contributed by atoms with Gasteiger partial charge in [-0.05, 0) is 31.5 Å². The number of anilines is 1. The number of fused-ring (bicyclic) bond motifs is 1. The first-order valence-electron chi connectivity index (χ1n) is 10.2. The first-order chi connectivity index (χ1) is 14.0. The number of hydrogen-bond donors (Lipinski definition) is 2. The zero-order valence-electron chi connectivity index (χ0n) is 16.3. The fourth-order valence-electron chi connectivity index (χ4n) is 4.20. The molecule has 29 heavy (non-hydrogen) atoms. The molecule has 0 spiro atoms. The molecule has 1 aromatic rings. The minimum Gasteiger partial charge on any atom is -0.391 e. The Morgan fingerprint density at radius 3 is 2.86 bits per heavy atom. The van der Waals surface area contributed by atoms with Gasteiger partial charge in [0.25, 0.3) is 0 Å². The van der Waals surface area contributed by atoms with Gasteiger partial charge in [-0.2, -0.15) is 0 Å². The molecule has 2 saturated heterocycles. The minimum absolute atomic E-state index is 0.0484. The molecule has 0 saturated carbocycles. The molecule has 1 unspecified atom stereocenters. The van der Waals surface area contributed by atoms with Crippen molar-refractivity contribution < 1.29 is 19.4 Å². The van der Waals surface area contributed by atoms with Gasteiger partial charge in [-0.1, -0.05) is 11.6 Å². The molecule has 0 radical (unpaired) electrons. The normalized spacial score (nSPS) is 27.0. The maximum atomic E-state index is 12.9. The van der Waals surface area contributed by atoms with E-state index in [0.29, 0.717) is 35.9 Å². The Morgan fingerprint density at radius 2 is 2.10 bits per heavy atom. The Hall–Kier alpha value is -1.80. The molecule has 0 aliphatic carbocycles.